The smallest absolute Gasteiger partial charge is 0.326 e. The van der Waals surface area contributed by atoms with E-state index in [0.29, 0.717) is 17.1 Å². The van der Waals surface area contributed by atoms with Gasteiger partial charge in [0.2, 0.25) is 0 Å². The van der Waals surface area contributed by atoms with Crippen molar-refractivity contribution in [3.05, 3.63) is 65.5 Å². The lowest BCUT2D eigenvalue weighted by molar-refractivity contribution is -0.117. The maximum absolute atomic E-state index is 15.5. The Hall–Kier alpha value is -3.38. The molecule has 1 heterocycles. The molecule has 1 aliphatic heterocycles. The third kappa shape index (κ3) is 6.11. The number of nitrogens with one attached hydrogen (secondary N) is 1. The van der Waals surface area contributed by atoms with Gasteiger partial charge in [-0.2, -0.15) is 13.7 Å². The van der Waals surface area contributed by atoms with Gasteiger partial charge in [0.25, 0.3) is 5.91 Å². The highest BCUT2D eigenvalue weighted by atomic mass is 32.2. The molecule has 1 fully saturated rings. The Labute approximate surface area is 193 Å². The van der Waals surface area contributed by atoms with Gasteiger partial charge in [-0.15, -0.1) is 0 Å². The Bertz CT molecular complexity index is 1190. The summed E-state index contributed by atoms with van der Waals surface area (Å²) in [7, 11) is -4.22. The van der Waals surface area contributed by atoms with Crippen molar-refractivity contribution < 1.29 is 22.3 Å². The van der Waals surface area contributed by atoms with Gasteiger partial charge in [0.1, 0.15) is 24.6 Å². The number of allylic oxidation sites excluding steroid dienone is 1. The topological polar surface area (TPSA) is 99.5 Å². The summed E-state index contributed by atoms with van der Waals surface area (Å²) in [6, 6.07) is 14.4. The number of amides is 1. The van der Waals surface area contributed by atoms with Crippen LogP contribution in [0.2, 0.25) is 0 Å². The van der Waals surface area contributed by atoms with Crippen LogP contribution in [0, 0.1) is 22.6 Å². The molecule has 3 rings (SSSR count). The first kappa shape index (κ1) is 24.3. The first-order valence-corrected chi connectivity index (χ1v) is 12.0. The standard InChI is InChI=1S/C24H26FN3O4S/c1-24(2,17-26)14-8-4-7-11-19-12-13-20(32-16-18-9-5-3-6-10-18)23(22(19)25)28-15-21(29)27-33(28,30)31/h3,5-7,9-13H,4,8,14-16H2,1-2H3,(H,27,29)/b11-7-. The molecule has 7 nitrogen and oxygen atoms in total. The van der Waals surface area contributed by atoms with Gasteiger partial charge in [-0.05, 0) is 50.8 Å². The van der Waals surface area contributed by atoms with Crippen molar-refractivity contribution in [1.82, 2.24) is 4.72 Å². The van der Waals surface area contributed by atoms with E-state index in [0.717, 1.165) is 12.0 Å². The lowest BCUT2D eigenvalue weighted by Gasteiger charge is -2.20. The maximum atomic E-state index is 15.5. The minimum atomic E-state index is -4.22. The molecule has 2 aromatic rings. The van der Waals surface area contributed by atoms with E-state index in [1.165, 1.54) is 12.1 Å². The summed E-state index contributed by atoms with van der Waals surface area (Å²) in [5.74, 6) is -1.52. The average molecular weight is 472 g/mol. The second kappa shape index (κ2) is 10.0. The number of hydrogen-bond donors (Lipinski definition) is 1. The highest BCUT2D eigenvalue weighted by Gasteiger charge is 2.38. The summed E-state index contributed by atoms with van der Waals surface area (Å²) < 4.78 is 48.6. The number of unbranched alkanes of at least 4 members (excludes halogenated alkanes) is 1. The van der Waals surface area contributed by atoms with E-state index in [1.807, 2.05) is 48.9 Å². The number of ether oxygens (including phenoxy) is 1. The van der Waals surface area contributed by atoms with E-state index in [4.69, 9.17) is 10.00 Å². The SMILES string of the molecule is CC(C)(C#N)CCC/C=C\c1ccc(OCc2ccccc2)c(N2CC(=O)NS2(=O)=O)c1F. The molecule has 1 aliphatic rings. The Morgan fingerprint density at radius 1 is 1.24 bits per heavy atom. The minimum Gasteiger partial charge on any atom is -0.487 e. The van der Waals surface area contributed by atoms with Gasteiger partial charge in [0, 0.05) is 5.56 Å². The number of hydrogen-bond acceptors (Lipinski definition) is 5. The van der Waals surface area contributed by atoms with Crippen molar-refractivity contribution in [2.24, 2.45) is 5.41 Å². The molecule has 2 aromatic carbocycles. The zero-order valence-corrected chi connectivity index (χ0v) is 19.4. The van der Waals surface area contributed by atoms with Crippen LogP contribution in [0.4, 0.5) is 10.1 Å². The van der Waals surface area contributed by atoms with Crippen LogP contribution < -0.4 is 13.8 Å². The van der Waals surface area contributed by atoms with Crippen molar-refractivity contribution >= 4 is 27.9 Å². The Morgan fingerprint density at radius 2 is 1.97 bits per heavy atom. The van der Waals surface area contributed by atoms with Gasteiger partial charge in [0.05, 0.1) is 11.5 Å². The van der Waals surface area contributed by atoms with Gasteiger partial charge in [-0.25, -0.2) is 13.4 Å². The highest BCUT2D eigenvalue weighted by molar-refractivity contribution is 7.92. The zero-order valence-electron chi connectivity index (χ0n) is 18.5. The van der Waals surface area contributed by atoms with Crippen LogP contribution in [-0.2, 0) is 21.6 Å². The van der Waals surface area contributed by atoms with Crippen molar-refractivity contribution in [1.29, 1.82) is 5.26 Å². The third-order valence-electron chi connectivity index (χ3n) is 5.19. The molecule has 0 bridgehead atoms. The summed E-state index contributed by atoms with van der Waals surface area (Å²) in [6.07, 6.45) is 5.43. The van der Waals surface area contributed by atoms with E-state index in [9.17, 15) is 13.2 Å². The molecule has 0 unspecified atom stereocenters. The second-order valence-electron chi connectivity index (χ2n) is 8.42. The fourth-order valence-electron chi connectivity index (χ4n) is 3.35. The Morgan fingerprint density at radius 3 is 2.61 bits per heavy atom. The highest BCUT2D eigenvalue weighted by Crippen LogP contribution is 2.37. The van der Waals surface area contributed by atoms with Crippen molar-refractivity contribution in [2.75, 3.05) is 10.8 Å². The number of anilines is 1. The fraction of sp³-hybridized carbons (Fsp3) is 0.333. The van der Waals surface area contributed by atoms with E-state index in [-0.39, 0.29) is 23.6 Å². The van der Waals surface area contributed by atoms with Gasteiger partial charge in [-0.1, -0.05) is 42.5 Å². The number of nitrogens with zero attached hydrogens (tertiary/aromatic N) is 2. The molecule has 174 valence electrons. The Balaban J connectivity index is 1.87. The summed E-state index contributed by atoms with van der Waals surface area (Å²) in [4.78, 5) is 11.7. The average Bonchev–Trinajstić information content (AvgIpc) is 3.05. The number of halogens is 1. The van der Waals surface area contributed by atoms with E-state index < -0.39 is 33.9 Å². The van der Waals surface area contributed by atoms with Crippen LogP contribution in [0.25, 0.3) is 6.08 Å². The number of carbonyl (C=O) groups excluding carboxylic acids is 1. The van der Waals surface area contributed by atoms with Crippen LogP contribution in [0.1, 0.15) is 44.2 Å². The third-order valence-corrected chi connectivity index (χ3v) is 6.57. The molecule has 9 heteroatoms. The fourth-order valence-corrected chi connectivity index (χ4v) is 4.51. The van der Waals surface area contributed by atoms with Crippen LogP contribution in [0.5, 0.6) is 5.75 Å². The number of carbonyl (C=O) groups is 1. The van der Waals surface area contributed by atoms with E-state index in [2.05, 4.69) is 6.07 Å². The van der Waals surface area contributed by atoms with E-state index in [1.54, 1.807) is 12.2 Å². The van der Waals surface area contributed by atoms with Crippen molar-refractivity contribution in [2.45, 2.75) is 39.7 Å². The van der Waals surface area contributed by atoms with Gasteiger partial charge in [-0.3, -0.25) is 4.79 Å². The maximum Gasteiger partial charge on any atom is 0.326 e. The molecule has 0 spiro atoms. The largest absolute Gasteiger partial charge is 0.487 e. The molecule has 0 atom stereocenters. The monoisotopic (exact) mass is 471 g/mol. The summed E-state index contributed by atoms with van der Waals surface area (Å²) in [6.45, 7) is 3.30. The molecule has 0 aromatic heterocycles. The molecule has 1 N–H and O–H groups in total. The summed E-state index contributed by atoms with van der Waals surface area (Å²) >= 11 is 0. The van der Waals surface area contributed by atoms with Crippen molar-refractivity contribution in [3.63, 3.8) is 0 Å². The minimum absolute atomic E-state index is 0.0179. The molecular weight excluding hydrogens is 445 g/mol. The zero-order chi connectivity index (χ0) is 24.1. The molecular formula is C24H26FN3O4S. The molecule has 33 heavy (non-hydrogen) atoms. The van der Waals surface area contributed by atoms with Crippen LogP contribution in [0.15, 0.2) is 48.5 Å². The summed E-state index contributed by atoms with van der Waals surface area (Å²) in [5, 5.41) is 9.09. The lowest BCUT2D eigenvalue weighted by Crippen LogP contribution is -2.30. The van der Waals surface area contributed by atoms with Crippen LogP contribution in [-0.4, -0.2) is 20.9 Å². The van der Waals surface area contributed by atoms with Gasteiger partial charge in [0.15, 0.2) is 5.82 Å². The molecule has 0 radical (unpaired) electrons. The Kier molecular flexibility index (Phi) is 7.39. The first-order valence-electron chi connectivity index (χ1n) is 10.5. The normalized spacial score (nSPS) is 15.5. The molecule has 0 saturated carbocycles. The van der Waals surface area contributed by atoms with Gasteiger partial charge >= 0.3 is 10.2 Å². The van der Waals surface area contributed by atoms with Crippen LogP contribution in [0.3, 0.4) is 0 Å². The predicted molar refractivity (Wildman–Crippen MR) is 124 cm³/mol. The first-order chi connectivity index (χ1) is 15.6. The second-order valence-corrected chi connectivity index (χ2v) is 10.0. The quantitative estimate of drug-likeness (QED) is 0.549. The van der Waals surface area contributed by atoms with Crippen molar-refractivity contribution in [3.8, 4) is 11.8 Å². The predicted octanol–water partition coefficient (Wildman–Crippen LogP) is 4.32. The number of nitriles is 1. The van der Waals surface area contributed by atoms with Gasteiger partial charge < -0.3 is 4.74 Å². The van der Waals surface area contributed by atoms with E-state index >= 15 is 4.39 Å². The molecule has 1 amide bonds. The molecule has 0 aliphatic carbocycles. The summed E-state index contributed by atoms with van der Waals surface area (Å²) in [5.41, 5.74) is 0.267. The van der Waals surface area contributed by atoms with Crippen LogP contribution >= 0.6 is 0 Å². The molecule has 1 saturated heterocycles. The number of rotatable bonds is 9. The lowest BCUT2D eigenvalue weighted by atomic mass is 9.89. The number of benzene rings is 2.